The maximum atomic E-state index is 12.9. The summed E-state index contributed by atoms with van der Waals surface area (Å²) in [6, 6.07) is 5.08. The van der Waals surface area contributed by atoms with Crippen LogP contribution in [0.5, 0.6) is 0 Å². The van der Waals surface area contributed by atoms with Gasteiger partial charge in [-0.05, 0) is 56.7 Å². The van der Waals surface area contributed by atoms with Crippen LogP contribution in [0, 0.1) is 19.8 Å². The number of ether oxygens (including phenoxy) is 1. The van der Waals surface area contributed by atoms with E-state index in [9.17, 15) is 19.2 Å². The lowest BCUT2D eigenvalue weighted by Crippen LogP contribution is -2.54. The SMILES string of the molecule is Cc1ccc(C)c(NC(=O)[C@H](C)OC(=O)CN2C(=O)N[C@]3(CCCC[C@@H]3C)C2=O)c1. The molecule has 1 spiro atoms. The molecule has 1 aromatic rings. The maximum absolute atomic E-state index is 12.9. The van der Waals surface area contributed by atoms with Gasteiger partial charge in [0.2, 0.25) is 0 Å². The number of nitrogens with one attached hydrogen (secondary N) is 2. The quantitative estimate of drug-likeness (QED) is 0.568. The van der Waals surface area contributed by atoms with E-state index in [0.29, 0.717) is 12.1 Å². The Hall–Kier alpha value is -2.90. The molecule has 30 heavy (non-hydrogen) atoms. The number of carbonyl (C=O) groups excluding carboxylic acids is 4. The van der Waals surface area contributed by atoms with E-state index in [4.69, 9.17) is 4.74 Å². The fourth-order valence-corrected chi connectivity index (χ4v) is 4.16. The van der Waals surface area contributed by atoms with Crippen molar-refractivity contribution in [2.24, 2.45) is 5.92 Å². The second kappa shape index (κ2) is 8.45. The van der Waals surface area contributed by atoms with Crippen LogP contribution in [0.15, 0.2) is 18.2 Å². The smallest absolute Gasteiger partial charge is 0.327 e. The van der Waals surface area contributed by atoms with Crippen LogP contribution in [-0.2, 0) is 19.1 Å². The minimum absolute atomic E-state index is 0.00555. The van der Waals surface area contributed by atoms with Gasteiger partial charge in [-0.15, -0.1) is 0 Å². The predicted octanol–water partition coefficient (Wildman–Crippen LogP) is 2.67. The minimum atomic E-state index is -1.07. The molecule has 1 aromatic carbocycles. The van der Waals surface area contributed by atoms with Gasteiger partial charge in [-0.3, -0.25) is 19.3 Å². The Kier molecular flexibility index (Phi) is 6.14. The van der Waals surface area contributed by atoms with Crippen LogP contribution in [0.3, 0.4) is 0 Å². The number of esters is 1. The van der Waals surface area contributed by atoms with E-state index in [0.717, 1.165) is 35.3 Å². The fraction of sp³-hybridized carbons (Fsp3) is 0.545. The van der Waals surface area contributed by atoms with Gasteiger partial charge in [0.25, 0.3) is 11.8 Å². The monoisotopic (exact) mass is 415 g/mol. The number of benzene rings is 1. The number of hydrogen-bond acceptors (Lipinski definition) is 5. The van der Waals surface area contributed by atoms with Crippen LogP contribution < -0.4 is 10.6 Å². The third-order valence-electron chi connectivity index (χ3n) is 6.12. The second-order valence-electron chi connectivity index (χ2n) is 8.38. The molecule has 1 heterocycles. The standard InChI is InChI=1S/C22H29N3O5/c1-13-8-9-14(2)17(11-13)23-19(27)16(4)30-18(26)12-25-20(28)22(24-21(25)29)10-6-5-7-15(22)3/h8-9,11,15-16H,5-7,10,12H2,1-4H3,(H,23,27)(H,24,29)/t15-,16-,22-/m0/s1. The lowest BCUT2D eigenvalue weighted by atomic mass is 9.73. The third kappa shape index (κ3) is 4.17. The van der Waals surface area contributed by atoms with Gasteiger partial charge in [0, 0.05) is 5.69 Å². The van der Waals surface area contributed by atoms with E-state index in [1.807, 2.05) is 39.0 Å². The molecular weight excluding hydrogens is 386 g/mol. The first-order valence-corrected chi connectivity index (χ1v) is 10.4. The van der Waals surface area contributed by atoms with Gasteiger partial charge >= 0.3 is 12.0 Å². The molecule has 3 atom stereocenters. The van der Waals surface area contributed by atoms with Gasteiger partial charge in [0.1, 0.15) is 12.1 Å². The number of urea groups is 1. The molecule has 3 rings (SSSR count). The van der Waals surface area contributed by atoms with Crippen LogP contribution in [0.1, 0.15) is 50.7 Å². The zero-order valence-corrected chi connectivity index (χ0v) is 17.9. The number of aryl methyl sites for hydroxylation is 2. The van der Waals surface area contributed by atoms with E-state index in [2.05, 4.69) is 10.6 Å². The van der Waals surface area contributed by atoms with E-state index in [1.54, 1.807) is 0 Å². The Bertz CT molecular complexity index is 884. The zero-order chi connectivity index (χ0) is 22.1. The van der Waals surface area contributed by atoms with Crippen molar-refractivity contribution in [1.29, 1.82) is 0 Å². The summed E-state index contributed by atoms with van der Waals surface area (Å²) in [5, 5.41) is 5.54. The minimum Gasteiger partial charge on any atom is -0.451 e. The van der Waals surface area contributed by atoms with Crippen molar-refractivity contribution in [1.82, 2.24) is 10.2 Å². The van der Waals surface area contributed by atoms with Gasteiger partial charge in [0.05, 0.1) is 0 Å². The number of hydrogen-bond donors (Lipinski definition) is 2. The van der Waals surface area contributed by atoms with Crippen LogP contribution in [-0.4, -0.2) is 46.9 Å². The largest absolute Gasteiger partial charge is 0.451 e. The van der Waals surface area contributed by atoms with Crippen LogP contribution >= 0.6 is 0 Å². The summed E-state index contributed by atoms with van der Waals surface area (Å²) in [6.07, 6.45) is 2.21. The summed E-state index contributed by atoms with van der Waals surface area (Å²) in [5.41, 5.74) is 1.59. The third-order valence-corrected chi connectivity index (χ3v) is 6.12. The molecule has 2 aliphatic rings. The Morgan fingerprint density at radius 2 is 2.03 bits per heavy atom. The summed E-state index contributed by atoms with van der Waals surface area (Å²) < 4.78 is 5.19. The molecule has 1 aliphatic carbocycles. The van der Waals surface area contributed by atoms with Crippen molar-refractivity contribution in [2.75, 3.05) is 11.9 Å². The van der Waals surface area contributed by atoms with E-state index >= 15 is 0 Å². The fourth-order valence-electron chi connectivity index (χ4n) is 4.16. The second-order valence-corrected chi connectivity index (χ2v) is 8.38. The molecule has 0 radical (unpaired) electrons. The Morgan fingerprint density at radius 1 is 1.30 bits per heavy atom. The van der Waals surface area contributed by atoms with Crippen molar-refractivity contribution in [3.63, 3.8) is 0 Å². The topological polar surface area (TPSA) is 105 Å². The molecule has 2 N–H and O–H groups in total. The van der Waals surface area contributed by atoms with Gasteiger partial charge in [-0.25, -0.2) is 4.79 Å². The zero-order valence-electron chi connectivity index (χ0n) is 17.9. The highest BCUT2D eigenvalue weighted by Crippen LogP contribution is 2.38. The molecule has 0 bridgehead atoms. The molecule has 1 saturated carbocycles. The summed E-state index contributed by atoms with van der Waals surface area (Å²) >= 11 is 0. The average molecular weight is 415 g/mol. The summed E-state index contributed by atoms with van der Waals surface area (Å²) in [4.78, 5) is 51.0. The van der Waals surface area contributed by atoms with Gasteiger partial charge < -0.3 is 15.4 Å². The Labute approximate surface area is 176 Å². The van der Waals surface area contributed by atoms with Crippen LogP contribution in [0.4, 0.5) is 10.5 Å². The summed E-state index contributed by atoms with van der Waals surface area (Å²) in [5.74, 6) is -1.66. The van der Waals surface area contributed by atoms with E-state index in [-0.39, 0.29) is 11.8 Å². The van der Waals surface area contributed by atoms with Gasteiger partial charge in [0.15, 0.2) is 6.10 Å². The van der Waals surface area contributed by atoms with Gasteiger partial charge in [-0.2, -0.15) is 0 Å². The molecule has 8 nitrogen and oxygen atoms in total. The maximum Gasteiger partial charge on any atom is 0.327 e. The Morgan fingerprint density at radius 3 is 2.73 bits per heavy atom. The van der Waals surface area contributed by atoms with Crippen LogP contribution in [0.25, 0.3) is 0 Å². The highest BCUT2D eigenvalue weighted by Gasteiger charge is 2.55. The average Bonchev–Trinajstić information content (AvgIpc) is 2.92. The molecule has 4 amide bonds. The van der Waals surface area contributed by atoms with Crippen molar-refractivity contribution in [3.05, 3.63) is 29.3 Å². The molecule has 0 unspecified atom stereocenters. The number of rotatable bonds is 5. The number of carbonyl (C=O) groups is 4. The molecule has 8 heteroatoms. The van der Waals surface area contributed by atoms with Gasteiger partial charge in [-0.1, -0.05) is 31.9 Å². The van der Waals surface area contributed by atoms with E-state index < -0.39 is 36.1 Å². The summed E-state index contributed by atoms with van der Waals surface area (Å²) in [7, 11) is 0. The number of anilines is 1. The molecule has 2 fully saturated rings. The predicted molar refractivity (Wildman–Crippen MR) is 111 cm³/mol. The Balaban J connectivity index is 1.59. The highest BCUT2D eigenvalue weighted by molar-refractivity contribution is 6.09. The van der Waals surface area contributed by atoms with Crippen LogP contribution in [0.2, 0.25) is 0 Å². The highest BCUT2D eigenvalue weighted by atomic mass is 16.5. The van der Waals surface area contributed by atoms with E-state index in [1.165, 1.54) is 6.92 Å². The molecule has 0 aromatic heterocycles. The number of nitrogens with zero attached hydrogens (tertiary/aromatic N) is 1. The first-order chi connectivity index (χ1) is 14.1. The molecular formula is C22H29N3O5. The first kappa shape index (κ1) is 21.8. The lowest BCUT2D eigenvalue weighted by molar-refractivity contribution is -0.155. The van der Waals surface area contributed by atoms with Crippen molar-refractivity contribution in [3.8, 4) is 0 Å². The number of imide groups is 1. The van der Waals surface area contributed by atoms with Crippen molar-refractivity contribution >= 4 is 29.5 Å². The first-order valence-electron chi connectivity index (χ1n) is 10.4. The molecule has 1 saturated heterocycles. The normalized spacial score (nSPS) is 24.5. The number of amides is 4. The van der Waals surface area contributed by atoms with Crippen molar-refractivity contribution in [2.45, 2.75) is 65.0 Å². The molecule has 1 aliphatic heterocycles. The summed E-state index contributed by atoms with van der Waals surface area (Å²) in [6.45, 7) is 6.66. The van der Waals surface area contributed by atoms with Crippen molar-refractivity contribution < 1.29 is 23.9 Å². The lowest BCUT2D eigenvalue weighted by Gasteiger charge is -2.36. The molecule has 162 valence electrons.